The molecule has 1 aromatic heterocycles. The molecule has 0 saturated heterocycles. The third-order valence-electron chi connectivity index (χ3n) is 3.50. The molecule has 1 aromatic rings. The van der Waals surface area contributed by atoms with Gasteiger partial charge in [0.25, 0.3) is 5.91 Å². The Morgan fingerprint density at radius 2 is 2.00 bits per heavy atom. The first-order chi connectivity index (χ1) is 11.0. The van der Waals surface area contributed by atoms with Crippen LogP contribution in [-0.2, 0) is 25.7 Å². The van der Waals surface area contributed by atoms with E-state index in [-0.39, 0.29) is 19.3 Å². The predicted molar refractivity (Wildman–Crippen MR) is 80.4 cm³/mol. The van der Waals surface area contributed by atoms with Crippen LogP contribution in [0, 0.1) is 0 Å². The fourth-order valence-corrected chi connectivity index (χ4v) is 2.31. The van der Waals surface area contributed by atoms with Crippen molar-refractivity contribution in [2.45, 2.75) is 45.3 Å². The lowest BCUT2D eigenvalue weighted by molar-refractivity contribution is -0.147. The zero-order valence-corrected chi connectivity index (χ0v) is 13.0. The zero-order valence-electron chi connectivity index (χ0n) is 13.0. The predicted octanol–water partition coefficient (Wildman–Crippen LogP) is 1.36. The van der Waals surface area contributed by atoms with Gasteiger partial charge in [0.2, 0.25) is 0 Å². The van der Waals surface area contributed by atoms with Crippen LogP contribution in [0.3, 0.4) is 0 Å². The first kappa shape index (κ1) is 16.9. The van der Waals surface area contributed by atoms with Crippen molar-refractivity contribution in [2.24, 2.45) is 0 Å². The number of pyridine rings is 1. The van der Waals surface area contributed by atoms with Gasteiger partial charge in [0, 0.05) is 13.1 Å². The number of carbonyl (C=O) groups excluding carboxylic acids is 3. The van der Waals surface area contributed by atoms with E-state index in [9.17, 15) is 14.4 Å². The molecule has 0 spiro atoms. The van der Waals surface area contributed by atoms with Crippen LogP contribution >= 0.6 is 0 Å². The van der Waals surface area contributed by atoms with Crippen molar-refractivity contribution in [1.82, 2.24) is 10.3 Å². The van der Waals surface area contributed by atoms with Crippen molar-refractivity contribution in [2.75, 3.05) is 6.54 Å². The van der Waals surface area contributed by atoms with Crippen molar-refractivity contribution in [3.8, 4) is 0 Å². The van der Waals surface area contributed by atoms with Gasteiger partial charge in [-0.2, -0.15) is 0 Å². The van der Waals surface area contributed by atoms with E-state index in [1.807, 2.05) is 0 Å². The third-order valence-corrected chi connectivity index (χ3v) is 3.50. The Kier molecular flexibility index (Phi) is 6.08. The number of amides is 1. The fourth-order valence-electron chi connectivity index (χ4n) is 2.31. The number of ether oxygens (including phenoxy) is 2. The Hall–Kier alpha value is -2.44. The van der Waals surface area contributed by atoms with E-state index in [1.165, 1.54) is 13.1 Å². The molecule has 0 radical (unpaired) electrons. The third kappa shape index (κ3) is 5.69. The maximum Gasteiger partial charge on any atom is 0.325 e. The smallest absolute Gasteiger partial charge is 0.325 e. The fraction of sp³-hybridized carbons (Fsp3) is 0.500. The second-order valence-electron chi connectivity index (χ2n) is 5.40. The summed E-state index contributed by atoms with van der Waals surface area (Å²) in [6.45, 7) is 1.21. The molecule has 2 rings (SSSR count). The van der Waals surface area contributed by atoms with Crippen molar-refractivity contribution >= 4 is 17.8 Å². The summed E-state index contributed by atoms with van der Waals surface area (Å²) >= 11 is 0. The first-order valence-corrected chi connectivity index (χ1v) is 7.60. The highest BCUT2D eigenvalue weighted by Crippen LogP contribution is 2.20. The molecule has 0 bridgehead atoms. The Morgan fingerprint density at radius 3 is 2.61 bits per heavy atom. The number of carbonyl (C=O) groups is 3. The second-order valence-corrected chi connectivity index (χ2v) is 5.40. The molecular formula is C16H20N2O5. The number of rotatable bonds is 6. The quantitative estimate of drug-likeness (QED) is 0.795. The van der Waals surface area contributed by atoms with Crippen molar-refractivity contribution < 1.29 is 23.9 Å². The molecule has 1 aliphatic carbocycles. The van der Waals surface area contributed by atoms with Gasteiger partial charge in [-0.15, -0.1) is 0 Å². The normalized spacial score (nSPS) is 14.3. The van der Waals surface area contributed by atoms with Crippen LogP contribution in [0.25, 0.3) is 0 Å². The highest BCUT2D eigenvalue weighted by Gasteiger charge is 2.19. The molecular weight excluding hydrogens is 300 g/mol. The number of nitrogens with one attached hydrogen (secondary N) is 1. The molecule has 1 saturated carbocycles. The standard InChI is InChI=1S/C16H20N2O5/c1-11(19)22-10-13-7-6-12(8-17-13)16(21)18-9-15(20)23-14-4-2-3-5-14/h6-8,14H,2-5,9-10H2,1H3,(H,18,21). The van der Waals surface area contributed by atoms with Gasteiger partial charge in [-0.1, -0.05) is 0 Å². The lowest BCUT2D eigenvalue weighted by Gasteiger charge is -2.11. The van der Waals surface area contributed by atoms with Gasteiger partial charge in [0.1, 0.15) is 19.3 Å². The molecule has 7 heteroatoms. The van der Waals surface area contributed by atoms with Gasteiger partial charge in [-0.25, -0.2) is 0 Å². The van der Waals surface area contributed by atoms with E-state index >= 15 is 0 Å². The van der Waals surface area contributed by atoms with Crippen LogP contribution < -0.4 is 5.32 Å². The van der Waals surface area contributed by atoms with E-state index in [0.717, 1.165) is 25.7 Å². The van der Waals surface area contributed by atoms with Gasteiger partial charge in [0.05, 0.1) is 11.3 Å². The van der Waals surface area contributed by atoms with E-state index < -0.39 is 17.8 Å². The van der Waals surface area contributed by atoms with Crippen molar-refractivity contribution in [3.63, 3.8) is 0 Å². The Labute approximate surface area is 134 Å². The first-order valence-electron chi connectivity index (χ1n) is 7.60. The van der Waals surface area contributed by atoms with Crippen LogP contribution in [0.5, 0.6) is 0 Å². The molecule has 23 heavy (non-hydrogen) atoms. The summed E-state index contributed by atoms with van der Waals surface area (Å²) in [5.74, 6) is -1.22. The average molecular weight is 320 g/mol. The lowest BCUT2D eigenvalue weighted by atomic mass is 10.2. The van der Waals surface area contributed by atoms with Crippen LogP contribution in [0.1, 0.15) is 48.7 Å². The summed E-state index contributed by atoms with van der Waals surface area (Å²) in [6, 6.07) is 3.15. The van der Waals surface area contributed by atoms with Crippen LogP contribution in [-0.4, -0.2) is 35.5 Å². The second kappa shape index (κ2) is 8.26. The van der Waals surface area contributed by atoms with E-state index in [2.05, 4.69) is 10.3 Å². The minimum absolute atomic E-state index is 0.0124. The molecule has 7 nitrogen and oxygen atoms in total. The molecule has 0 aromatic carbocycles. The van der Waals surface area contributed by atoms with E-state index in [1.54, 1.807) is 12.1 Å². The van der Waals surface area contributed by atoms with E-state index in [0.29, 0.717) is 11.3 Å². The maximum atomic E-state index is 11.9. The largest absolute Gasteiger partial charge is 0.461 e. The Morgan fingerprint density at radius 1 is 1.26 bits per heavy atom. The van der Waals surface area contributed by atoms with Gasteiger partial charge in [0.15, 0.2) is 0 Å². The van der Waals surface area contributed by atoms with Crippen LogP contribution in [0.15, 0.2) is 18.3 Å². The molecule has 1 heterocycles. The molecule has 1 aliphatic rings. The van der Waals surface area contributed by atoms with E-state index in [4.69, 9.17) is 9.47 Å². The highest BCUT2D eigenvalue weighted by atomic mass is 16.5. The van der Waals surface area contributed by atoms with Crippen molar-refractivity contribution in [1.29, 1.82) is 0 Å². The molecule has 124 valence electrons. The van der Waals surface area contributed by atoms with Crippen LogP contribution in [0.2, 0.25) is 0 Å². The number of nitrogens with zero attached hydrogens (tertiary/aromatic N) is 1. The summed E-state index contributed by atoms with van der Waals surface area (Å²) in [7, 11) is 0. The lowest BCUT2D eigenvalue weighted by Crippen LogP contribution is -2.32. The summed E-state index contributed by atoms with van der Waals surface area (Å²) in [6.07, 6.45) is 5.31. The average Bonchev–Trinajstić information content (AvgIpc) is 3.04. The molecule has 1 amide bonds. The SMILES string of the molecule is CC(=O)OCc1ccc(C(=O)NCC(=O)OC2CCCC2)cn1. The number of hydrogen-bond acceptors (Lipinski definition) is 6. The summed E-state index contributed by atoms with van der Waals surface area (Å²) in [4.78, 5) is 38.3. The topological polar surface area (TPSA) is 94.6 Å². The monoisotopic (exact) mass is 320 g/mol. The van der Waals surface area contributed by atoms with Gasteiger partial charge >= 0.3 is 11.9 Å². The Bertz CT molecular complexity index is 564. The zero-order chi connectivity index (χ0) is 16.7. The van der Waals surface area contributed by atoms with Gasteiger partial charge < -0.3 is 14.8 Å². The number of esters is 2. The Balaban J connectivity index is 1.76. The van der Waals surface area contributed by atoms with Crippen molar-refractivity contribution in [3.05, 3.63) is 29.6 Å². The number of hydrogen-bond donors (Lipinski definition) is 1. The molecule has 0 atom stereocenters. The van der Waals surface area contributed by atoms with Crippen LogP contribution in [0.4, 0.5) is 0 Å². The summed E-state index contributed by atoms with van der Waals surface area (Å²) < 4.78 is 10.1. The minimum atomic E-state index is -0.426. The highest BCUT2D eigenvalue weighted by molar-refractivity contribution is 5.95. The summed E-state index contributed by atoms with van der Waals surface area (Å²) in [5, 5.41) is 2.50. The molecule has 0 aliphatic heterocycles. The van der Waals surface area contributed by atoms with Gasteiger partial charge in [-0.3, -0.25) is 19.4 Å². The maximum absolute atomic E-state index is 11.9. The molecule has 0 unspecified atom stereocenters. The number of aromatic nitrogens is 1. The summed E-state index contributed by atoms with van der Waals surface area (Å²) in [5.41, 5.74) is 0.864. The minimum Gasteiger partial charge on any atom is -0.461 e. The molecule has 1 fully saturated rings. The van der Waals surface area contributed by atoms with Gasteiger partial charge in [-0.05, 0) is 37.8 Å². The molecule has 1 N–H and O–H groups in total.